The van der Waals surface area contributed by atoms with Crippen molar-refractivity contribution in [3.63, 3.8) is 0 Å². The van der Waals surface area contributed by atoms with Gasteiger partial charge < -0.3 is 40.1 Å². The van der Waals surface area contributed by atoms with Gasteiger partial charge in [-0.3, -0.25) is 4.52 Å². The van der Waals surface area contributed by atoms with E-state index in [2.05, 4.69) is 24.7 Å². The van der Waals surface area contributed by atoms with Gasteiger partial charge in [-0.2, -0.15) is 17.4 Å². The SMILES string of the molecule is C=C1N=C(N)C=CN1[C@@H]1O[C@](C)(COP(=O)(O)OP(=O)(O)OP(=O)(O)O)[C@@H](O)C1(F)F. The van der Waals surface area contributed by atoms with Gasteiger partial charge in [0.15, 0.2) is 6.10 Å². The molecule has 1 fully saturated rings. The Labute approximate surface area is 172 Å². The second-order valence-electron chi connectivity index (χ2n) is 6.40. The van der Waals surface area contributed by atoms with Gasteiger partial charge in [-0.1, -0.05) is 6.58 Å². The summed E-state index contributed by atoms with van der Waals surface area (Å²) in [4.78, 5) is 39.9. The molecule has 31 heavy (non-hydrogen) atoms. The molecule has 0 aliphatic carbocycles. The van der Waals surface area contributed by atoms with Gasteiger partial charge in [0, 0.05) is 6.20 Å². The van der Waals surface area contributed by atoms with Gasteiger partial charge in [-0.05, 0) is 13.0 Å². The first-order valence-electron chi connectivity index (χ1n) is 7.80. The lowest BCUT2D eigenvalue weighted by Gasteiger charge is -2.32. The summed E-state index contributed by atoms with van der Waals surface area (Å²) in [6, 6.07) is 0. The van der Waals surface area contributed by atoms with Gasteiger partial charge in [-0.15, -0.1) is 0 Å². The minimum absolute atomic E-state index is 0.0430. The summed E-state index contributed by atoms with van der Waals surface area (Å²) in [6.45, 7) is 2.98. The van der Waals surface area contributed by atoms with Gasteiger partial charge in [-0.25, -0.2) is 18.7 Å². The molecule has 0 aromatic rings. The quantitative estimate of drug-likeness (QED) is 0.236. The number of nitrogens with zero attached hydrogens (tertiary/aromatic N) is 2. The number of aliphatic hydroxyl groups excluding tert-OH is 1. The molecule has 178 valence electrons. The van der Waals surface area contributed by atoms with Crippen molar-refractivity contribution in [1.82, 2.24) is 4.90 Å². The molecule has 2 rings (SSSR count). The molecule has 0 spiro atoms. The Bertz CT molecular complexity index is 953. The van der Waals surface area contributed by atoms with Crippen molar-refractivity contribution < 1.29 is 65.0 Å². The fraction of sp³-hybridized carbons (Fsp3) is 0.545. The molecule has 0 saturated carbocycles. The third kappa shape index (κ3) is 6.26. The van der Waals surface area contributed by atoms with Crippen LogP contribution >= 0.6 is 23.5 Å². The van der Waals surface area contributed by atoms with Gasteiger partial charge >= 0.3 is 29.4 Å². The number of aliphatic hydroxyl groups is 1. The average molecular weight is 515 g/mol. The fourth-order valence-electron chi connectivity index (χ4n) is 2.51. The van der Waals surface area contributed by atoms with Crippen molar-refractivity contribution in [3.05, 3.63) is 24.7 Å². The van der Waals surface area contributed by atoms with Crippen molar-refractivity contribution in [2.24, 2.45) is 10.7 Å². The van der Waals surface area contributed by atoms with E-state index in [9.17, 15) is 32.5 Å². The lowest BCUT2D eigenvalue weighted by Crippen LogP contribution is -2.49. The standard InChI is InChI=1S/C11H18F2N3O12P3/c1-6-15-7(14)3-4-16(6)9-11(12,13)8(17)10(2,26-9)5-25-30(21,22)28-31(23,24)27-29(18,19)20/h3-4,8-9,17H,1,5H2,2H3,(H2,14,15)(H,21,22)(H,23,24)(H2,18,19,20)/t8-,9-,10-/m1/s1. The summed E-state index contributed by atoms with van der Waals surface area (Å²) in [5, 5.41) is 10.1. The van der Waals surface area contributed by atoms with E-state index in [1.165, 1.54) is 0 Å². The Hall–Kier alpha value is -1.06. The minimum Gasteiger partial charge on any atom is -0.384 e. The highest BCUT2D eigenvalue weighted by Gasteiger charge is 2.66. The van der Waals surface area contributed by atoms with E-state index in [-0.39, 0.29) is 11.7 Å². The van der Waals surface area contributed by atoms with E-state index in [0.29, 0.717) is 0 Å². The van der Waals surface area contributed by atoms with Crippen LogP contribution in [0.3, 0.4) is 0 Å². The summed E-state index contributed by atoms with van der Waals surface area (Å²) in [5.74, 6) is -4.32. The molecule has 0 amide bonds. The zero-order chi connectivity index (χ0) is 24.0. The second kappa shape index (κ2) is 8.37. The number of halogens is 2. The topological polar surface area (TPSA) is 231 Å². The van der Waals surface area contributed by atoms with E-state index in [4.69, 9.17) is 25.2 Å². The number of phosphoric ester groups is 1. The number of nitrogens with two attached hydrogens (primary N) is 1. The summed E-state index contributed by atoms with van der Waals surface area (Å²) < 4.78 is 79.5. The Morgan fingerprint density at radius 2 is 1.84 bits per heavy atom. The first-order chi connectivity index (χ1) is 13.8. The molecule has 2 unspecified atom stereocenters. The molecule has 0 aromatic carbocycles. The van der Waals surface area contributed by atoms with E-state index in [0.717, 1.165) is 24.1 Å². The number of amidine groups is 1. The Morgan fingerprint density at radius 3 is 2.35 bits per heavy atom. The highest BCUT2D eigenvalue weighted by molar-refractivity contribution is 7.66. The Kier molecular flexibility index (Phi) is 7.08. The molecule has 0 bridgehead atoms. The minimum atomic E-state index is -5.82. The fourth-order valence-corrected chi connectivity index (χ4v) is 5.62. The van der Waals surface area contributed by atoms with Crippen LogP contribution in [0.5, 0.6) is 0 Å². The van der Waals surface area contributed by atoms with Crippen LogP contribution in [0.2, 0.25) is 0 Å². The van der Waals surface area contributed by atoms with E-state index in [1.807, 2.05) is 0 Å². The second-order valence-corrected chi connectivity index (χ2v) is 10.8. The third-order valence-electron chi connectivity index (χ3n) is 3.80. The molecule has 15 nitrogen and oxygen atoms in total. The van der Waals surface area contributed by atoms with E-state index in [1.54, 1.807) is 0 Å². The third-order valence-corrected chi connectivity index (χ3v) is 7.58. The van der Waals surface area contributed by atoms with Gasteiger partial charge in [0.1, 0.15) is 17.3 Å². The number of phosphoric acid groups is 3. The van der Waals surface area contributed by atoms with Crippen LogP contribution in [0.4, 0.5) is 8.78 Å². The maximum absolute atomic E-state index is 14.6. The molecule has 0 aromatic heterocycles. The maximum atomic E-state index is 14.6. The predicted molar refractivity (Wildman–Crippen MR) is 95.8 cm³/mol. The summed E-state index contributed by atoms with van der Waals surface area (Å²) in [7, 11) is -17.1. The average Bonchev–Trinajstić information content (AvgIpc) is 2.71. The molecule has 7 N–H and O–H groups in total. The van der Waals surface area contributed by atoms with Crippen LogP contribution in [-0.2, 0) is 31.6 Å². The highest BCUT2D eigenvalue weighted by Crippen LogP contribution is 2.66. The lowest BCUT2D eigenvalue weighted by atomic mass is 9.98. The lowest BCUT2D eigenvalue weighted by molar-refractivity contribution is -0.152. The van der Waals surface area contributed by atoms with Crippen LogP contribution < -0.4 is 5.73 Å². The normalized spacial score (nSPS) is 32.5. The van der Waals surface area contributed by atoms with Gasteiger partial charge in [0.05, 0.1) is 6.61 Å². The highest BCUT2D eigenvalue weighted by atomic mass is 31.3. The molecule has 5 atom stereocenters. The molecule has 0 radical (unpaired) electrons. The van der Waals surface area contributed by atoms with Crippen LogP contribution in [0, 0.1) is 0 Å². The van der Waals surface area contributed by atoms with Gasteiger partial charge in [0.25, 0.3) is 0 Å². The van der Waals surface area contributed by atoms with E-state index >= 15 is 0 Å². The van der Waals surface area contributed by atoms with Crippen molar-refractivity contribution in [2.75, 3.05) is 6.61 Å². The molecule has 2 aliphatic heterocycles. The van der Waals surface area contributed by atoms with Crippen LogP contribution in [0.25, 0.3) is 0 Å². The predicted octanol–water partition coefficient (Wildman–Crippen LogP) is 0.0986. The summed E-state index contributed by atoms with van der Waals surface area (Å²) in [6.07, 6.45) is -2.66. The molecular weight excluding hydrogens is 497 g/mol. The largest absolute Gasteiger partial charge is 0.490 e. The number of aliphatic imine (C=N–C) groups is 1. The Balaban J connectivity index is 2.15. The number of hydrogen-bond acceptors (Lipinski definition) is 11. The summed E-state index contributed by atoms with van der Waals surface area (Å²) in [5.41, 5.74) is 3.03. The Morgan fingerprint density at radius 1 is 1.26 bits per heavy atom. The number of alkyl halides is 2. The summed E-state index contributed by atoms with van der Waals surface area (Å²) >= 11 is 0. The van der Waals surface area contributed by atoms with Crippen molar-refractivity contribution >= 4 is 29.3 Å². The zero-order valence-corrected chi connectivity index (χ0v) is 18.1. The number of rotatable bonds is 8. The van der Waals surface area contributed by atoms with Crippen LogP contribution in [-0.4, -0.2) is 65.9 Å². The van der Waals surface area contributed by atoms with Crippen molar-refractivity contribution in [1.29, 1.82) is 0 Å². The number of ether oxygens (including phenoxy) is 1. The van der Waals surface area contributed by atoms with E-state index < -0.39 is 53.9 Å². The first-order valence-corrected chi connectivity index (χ1v) is 12.3. The van der Waals surface area contributed by atoms with Crippen molar-refractivity contribution in [2.45, 2.75) is 30.8 Å². The van der Waals surface area contributed by atoms with Crippen LogP contribution in [0.1, 0.15) is 6.92 Å². The molecule has 2 heterocycles. The molecule has 2 aliphatic rings. The maximum Gasteiger partial charge on any atom is 0.490 e. The monoisotopic (exact) mass is 515 g/mol. The smallest absolute Gasteiger partial charge is 0.384 e. The van der Waals surface area contributed by atoms with Gasteiger partial charge in [0.2, 0.25) is 6.23 Å². The molecule has 20 heteroatoms. The van der Waals surface area contributed by atoms with Crippen LogP contribution in [0.15, 0.2) is 29.7 Å². The first kappa shape index (κ1) is 26.2. The van der Waals surface area contributed by atoms with Crippen molar-refractivity contribution in [3.8, 4) is 0 Å². The molecule has 1 saturated heterocycles. The number of hydrogen-bond donors (Lipinski definition) is 6. The molecular formula is C11H18F2N3O12P3. The zero-order valence-electron chi connectivity index (χ0n) is 15.4.